The highest BCUT2D eigenvalue weighted by molar-refractivity contribution is 5.31. The normalized spacial score (nSPS) is 11.3. The van der Waals surface area contributed by atoms with Gasteiger partial charge in [-0.3, -0.25) is 0 Å². The smallest absolute Gasteiger partial charge is 0.0199 e. The van der Waals surface area contributed by atoms with E-state index in [1.165, 1.54) is 89.9 Å². The third kappa shape index (κ3) is 18.3. The quantitative estimate of drug-likeness (QED) is 0.112. The maximum absolute atomic E-state index is 11.7. The summed E-state index contributed by atoms with van der Waals surface area (Å²) in [5.41, 5.74) is 1.73. The minimum atomic E-state index is 0.133. The van der Waals surface area contributed by atoms with Gasteiger partial charge in [-0.25, -0.2) is 0 Å². The second-order valence-electron chi connectivity index (χ2n) is 11.0. The molecular weight excluding hydrogens is 496 g/mol. The molecule has 0 bridgehead atoms. The van der Waals surface area contributed by atoms with Crippen LogP contribution in [0.15, 0.2) is 48.5 Å². The van der Waals surface area contributed by atoms with Crippen molar-refractivity contribution < 1.29 is 10.2 Å². The van der Waals surface area contributed by atoms with Gasteiger partial charge >= 0.3 is 0 Å². The highest BCUT2D eigenvalue weighted by Crippen LogP contribution is 2.12. The second kappa shape index (κ2) is 24.7. The first kappa shape index (κ1) is 34.1. The fourth-order valence-electron chi connectivity index (χ4n) is 4.91. The van der Waals surface area contributed by atoms with Crippen molar-refractivity contribution >= 4 is 0 Å². The standard InChI is InChI=1S/C34H58N4O2/c39-33-21-11-9-19-31(33)29-37-27-17-7-5-15-25-35-23-13-3-1-2-4-14-24-36-26-16-6-8-18-28-38-30-32-20-10-12-22-34(32)40/h9-12,19-22,35-40H,1-8,13-18,23-30H2/p-2. The van der Waals surface area contributed by atoms with E-state index in [0.717, 1.165) is 50.4 Å². The summed E-state index contributed by atoms with van der Waals surface area (Å²) in [6, 6.07) is 14.5. The van der Waals surface area contributed by atoms with Crippen LogP contribution in [0, 0.1) is 0 Å². The molecule has 40 heavy (non-hydrogen) atoms. The van der Waals surface area contributed by atoms with Crippen LogP contribution in [-0.2, 0) is 13.1 Å². The minimum Gasteiger partial charge on any atom is -0.872 e. The summed E-state index contributed by atoms with van der Waals surface area (Å²) in [7, 11) is 0. The molecule has 0 fully saturated rings. The first-order valence-electron chi connectivity index (χ1n) is 16.1. The number of para-hydroxylation sites is 2. The Kier molecular flexibility index (Phi) is 21.0. The van der Waals surface area contributed by atoms with Crippen LogP contribution >= 0.6 is 0 Å². The van der Waals surface area contributed by atoms with E-state index in [4.69, 9.17) is 0 Å². The summed E-state index contributed by atoms with van der Waals surface area (Å²) in [5, 5.41) is 37.3. The van der Waals surface area contributed by atoms with Crippen LogP contribution in [0.3, 0.4) is 0 Å². The van der Waals surface area contributed by atoms with Crippen LogP contribution in [-0.4, -0.2) is 39.3 Å². The largest absolute Gasteiger partial charge is 0.872 e. The summed E-state index contributed by atoms with van der Waals surface area (Å²) in [4.78, 5) is 0. The number of hydrogen-bond acceptors (Lipinski definition) is 6. The SMILES string of the molecule is [O-]c1ccccc1CNCCCCCCNCCCCCCCCNCCCCCCNCc1ccccc1[O-]. The Morgan fingerprint density at radius 2 is 0.625 bits per heavy atom. The Bertz CT molecular complexity index is 779. The van der Waals surface area contributed by atoms with E-state index in [1.54, 1.807) is 24.3 Å². The van der Waals surface area contributed by atoms with E-state index in [0.29, 0.717) is 13.1 Å². The van der Waals surface area contributed by atoms with Crippen LogP contribution in [0.25, 0.3) is 0 Å². The van der Waals surface area contributed by atoms with E-state index in [1.807, 2.05) is 24.3 Å². The number of hydrogen-bond donors (Lipinski definition) is 4. The molecule has 0 aliphatic carbocycles. The molecule has 0 aliphatic heterocycles. The summed E-state index contributed by atoms with van der Waals surface area (Å²) >= 11 is 0. The Morgan fingerprint density at radius 3 is 0.950 bits per heavy atom. The van der Waals surface area contributed by atoms with Crippen LogP contribution in [0.4, 0.5) is 0 Å². The molecule has 6 nitrogen and oxygen atoms in total. The molecular formula is C34H56N4O2-2. The van der Waals surface area contributed by atoms with Crippen molar-refractivity contribution in [1.82, 2.24) is 21.3 Å². The molecule has 0 saturated heterocycles. The van der Waals surface area contributed by atoms with Gasteiger partial charge in [-0.2, -0.15) is 0 Å². The second-order valence-corrected chi connectivity index (χ2v) is 11.0. The lowest BCUT2D eigenvalue weighted by atomic mass is 10.1. The molecule has 226 valence electrons. The van der Waals surface area contributed by atoms with Gasteiger partial charge in [0.2, 0.25) is 0 Å². The van der Waals surface area contributed by atoms with Crippen molar-refractivity contribution in [2.45, 2.75) is 103 Å². The van der Waals surface area contributed by atoms with Gasteiger partial charge in [0.15, 0.2) is 0 Å². The Hall–Kier alpha value is -2.12. The molecule has 0 aromatic heterocycles. The molecule has 0 amide bonds. The molecule has 0 heterocycles. The number of unbranched alkanes of at least 4 members (excludes halogenated alkanes) is 11. The van der Waals surface area contributed by atoms with Gasteiger partial charge in [0.1, 0.15) is 0 Å². The monoisotopic (exact) mass is 552 g/mol. The van der Waals surface area contributed by atoms with E-state index < -0.39 is 0 Å². The molecule has 2 aromatic rings. The van der Waals surface area contributed by atoms with E-state index in [-0.39, 0.29) is 11.5 Å². The van der Waals surface area contributed by atoms with Gasteiger partial charge < -0.3 is 31.5 Å². The van der Waals surface area contributed by atoms with Gasteiger partial charge in [0, 0.05) is 13.1 Å². The lowest BCUT2D eigenvalue weighted by molar-refractivity contribution is -0.270. The lowest BCUT2D eigenvalue weighted by Crippen LogP contribution is -2.17. The van der Waals surface area contributed by atoms with Crippen molar-refractivity contribution in [1.29, 1.82) is 0 Å². The Morgan fingerprint density at radius 1 is 0.350 bits per heavy atom. The minimum absolute atomic E-state index is 0.133. The zero-order chi connectivity index (χ0) is 28.4. The zero-order valence-corrected chi connectivity index (χ0v) is 25.0. The summed E-state index contributed by atoms with van der Waals surface area (Å²) < 4.78 is 0. The zero-order valence-electron chi connectivity index (χ0n) is 25.0. The van der Waals surface area contributed by atoms with Gasteiger partial charge in [0.25, 0.3) is 0 Å². The molecule has 0 atom stereocenters. The Labute approximate surface area is 244 Å². The van der Waals surface area contributed by atoms with Crippen molar-refractivity contribution in [3.05, 3.63) is 59.7 Å². The van der Waals surface area contributed by atoms with Crippen molar-refractivity contribution in [2.75, 3.05) is 39.3 Å². The average Bonchev–Trinajstić information content (AvgIpc) is 2.96. The maximum atomic E-state index is 11.7. The molecule has 0 radical (unpaired) electrons. The highest BCUT2D eigenvalue weighted by Gasteiger charge is 1.97. The summed E-state index contributed by atoms with van der Waals surface area (Å²) in [6.45, 7) is 7.91. The van der Waals surface area contributed by atoms with Crippen molar-refractivity contribution in [2.24, 2.45) is 0 Å². The molecule has 4 N–H and O–H groups in total. The molecule has 2 aromatic carbocycles. The fourth-order valence-corrected chi connectivity index (χ4v) is 4.91. The molecule has 2 rings (SSSR count). The van der Waals surface area contributed by atoms with Crippen molar-refractivity contribution in [3.63, 3.8) is 0 Å². The molecule has 0 spiro atoms. The average molecular weight is 553 g/mol. The van der Waals surface area contributed by atoms with Crippen molar-refractivity contribution in [3.8, 4) is 11.5 Å². The third-order valence-corrected chi connectivity index (χ3v) is 7.45. The number of nitrogens with one attached hydrogen (secondary N) is 4. The molecule has 6 heteroatoms. The van der Waals surface area contributed by atoms with Crippen LogP contribution < -0.4 is 31.5 Å². The highest BCUT2D eigenvalue weighted by atomic mass is 16.3. The topological polar surface area (TPSA) is 94.2 Å². The van der Waals surface area contributed by atoms with Crippen LogP contribution in [0.1, 0.15) is 101 Å². The maximum Gasteiger partial charge on any atom is 0.0199 e. The van der Waals surface area contributed by atoms with Crippen LogP contribution in [0.2, 0.25) is 0 Å². The summed E-state index contributed by atoms with van der Waals surface area (Å²) in [5.74, 6) is 0.267. The van der Waals surface area contributed by atoms with E-state index in [2.05, 4.69) is 21.3 Å². The predicted octanol–water partition coefficient (Wildman–Crippen LogP) is 5.35. The molecule has 0 unspecified atom stereocenters. The van der Waals surface area contributed by atoms with Crippen LogP contribution in [0.5, 0.6) is 11.5 Å². The number of benzene rings is 2. The number of rotatable bonds is 27. The summed E-state index contributed by atoms with van der Waals surface area (Å²) in [6.07, 6.45) is 17.9. The lowest BCUT2D eigenvalue weighted by Gasteiger charge is -2.13. The first-order valence-corrected chi connectivity index (χ1v) is 16.1. The Balaban J connectivity index is 1.19. The van der Waals surface area contributed by atoms with Gasteiger partial charge in [-0.05, 0) is 88.9 Å². The first-order chi connectivity index (χ1) is 19.8. The van der Waals surface area contributed by atoms with E-state index >= 15 is 0 Å². The predicted molar refractivity (Wildman–Crippen MR) is 166 cm³/mol. The molecule has 0 aliphatic rings. The van der Waals surface area contributed by atoms with E-state index in [9.17, 15) is 10.2 Å². The molecule has 0 saturated carbocycles. The van der Waals surface area contributed by atoms with Gasteiger partial charge in [0.05, 0.1) is 0 Å². The fraction of sp³-hybridized carbons (Fsp3) is 0.647. The van der Waals surface area contributed by atoms with Gasteiger partial charge in [-0.1, -0.05) is 99.9 Å². The van der Waals surface area contributed by atoms with Gasteiger partial charge in [-0.15, -0.1) is 11.5 Å². The third-order valence-electron chi connectivity index (χ3n) is 7.45.